The maximum absolute atomic E-state index is 13.1. The van der Waals surface area contributed by atoms with E-state index in [1.807, 2.05) is 19.2 Å². The van der Waals surface area contributed by atoms with Crippen LogP contribution in [-0.4, -0.2) is 67.1 Å². The highest BCUT2D eigenvalue weighted by Crippen LogP contribution is 2.14. The summed E-state index contributed by atoms with van der Waals surface area (Å²) < 4.78 is 13.1. The van der Waals surface area contributed by atoms with E-state index in [0.717, 1.165) is 57.9 Å². The van der Waals surface area contributed by atoms with E-state index in [4.69, 9.17) is 0 Å². The lowest BCUT2D eigenvalue weighted by atomic mass is 10.0. The molecule has 0 unspecified atom stereocenters. The third-order valence-electron chi connectivity index (χ3n) is 5.68. The van der Waals surface area contributed by atoms with Crippen LogP contribution >= 0.6 is 24.0 Å². The average molecular weight is 534 g/mol. The molecule has 2 rings (SSSR count). The van der Waals surface area contributed by atoms with Crippen molar-refractivity contribution in [3.8, 4) is 0 Å². The number of benzene rings is 1. The molecule has 0 amide bonds. The summed E-state index contributed by atoms with van der Waals surface area (Å²) in [5.41, 5.74) is 1.17. The number of likely N-dealkylation sites (tertiary alicyclic amines) is 1. The molecule has 1 aromatic rings. The van der Waals surface area contributed by atoms with E-state index in [0.29, 0.717) is 18.1 Å². The molecule has 1 aliphatic heterocycles. The van der Waals surface area contributed by atoms with Crippen LogP contribution in [0.5, 0.6) is 0 Å². The highest BCUT2D eigenvalue weighted by atomic mass is 127. The van der Waals surface area contributed by atoms with Crippen molar-refractivity contribution in [2.24, 2.45) is 4.99 Å². The average Bonchev–Trinajstić information content (AvgIpc) is 2.69. The van der Waals surface area contributed by atoms with E-state index >= 15 is 0 Å². The van der Waals surface area contributed by atoms with Crippen molar-refractivity contribution >= 4 is 29.9 Å². The molecule has 0 saturated carbocycles. The third-order valence-corrected chi connectivity index (χ3v) is 5.68. The fraction of sp³-hybridized carbons (Fsp3) is 0.696. The topological polar surface area (TPSA) is 42.9 Å². The summed E-state index contributed by atoms with van der Waals surface area (Å²) in [7, 11) is 1.84. The molecule has 1 fully saturated rings. The highest BCUT2D eigenvalue weighted by Gasteiger charge is 2.20. The Morgan fingerprint density at radius 2 is 1.73 bits per heavy atom. The fourth-order valence-electron chi connectivity index (χ4n) is 4.05. The zero-order valence-corrected chi connectivity index (χ0v) is 21.7. The summed E-state index contributed by atoms with van der Waals surface area (Å²) in [5.74, 6) is 0.735. The van der Waals surface area contributed by atoms with Gasteiger partial charge in [-0.05, 0) is 64.7 Å². The van der Waals surface area contributed by atoms with Crippen molar-refractivity contribution in [1.29, 1.82) is 0 Å². The van der Waals surface area contributed by atoms with Crippen LogP contribution in [0.2, 0.25) is 0 Å². The molecule has 5 nitrogen and oxygen atoms in total. The summed E-state index contributed by atoms with van der Waals surface area (Å²) >= 11 is 0. The van der Waals surface area contributed by atoms with Crippen LogP contribution in [0, 0.1) is 5.82 Å². The molecule has 1 aromatic carbocycles. The van der Waals surface area contributed by atoms with Crippen LogP contribution < -0.4 is 10.6 Å². The minimum absolute atomic E-state index is 0. The van der Waals surface area contributed by atoms with Gasteiger partial charge in [0.15, 0.2) is 5.96 Å². The zero-order valence-electron chi connectivity index (χ0n) is 19.3. The minimum Gasteiger partial charge on any atom is -0.356 e. The maximum atomic E-state index is 13.1. The van der Waals surface area contributed by atoms with Gasteiger partial charge >= 0.3 is 0 Å². The Hall–Kier alpha value is -0.930. The molecule has 0 bridgehead atoms. The number of aliphatic imine (C=N–C) groups is 1. The first-order valence-corrected chi connectivity index (χ1v) is 11.1. The number of hydrogen-bond acceptors (Lipinski definition) is 3. The largest absolute Gasteiger partial charge is 0.356 e. The Morgan fingerprint density at radius 3 is 2.27 bits per heavy atom. The number of nitrogens with zero attached hydrogens (tertiary/aromatic N) is 3. The first-order valence-electron chi connectivity index (χ1n) is 11.1. The van der Waals surface area contributed by atoms with E-state index in [1.165, 1.54) is 5.56 Å². The lowest BCUT2D eigenvalue weighted by Gasteiger charge is -2.33. The molecule has 1 heterocycles. The number of rotatable bonds is 9. The molecular formula is C23H41FIN5. The summed E-state index contributed by atoms with van der Waals surface area (Å²) in [4.78, 5) is 9.36. The summed E-state index contributed by atoms with van der Waals surface area (Å²) in [6, 6.07) is 8.45. The van der Waals surface area contributed by atoms with Crippen molar-refractivity contribution < 1.29 is 4.39 Å². The summed E-state index contributed by atoms with van der Waals surface area (Å²) in [5, 5.41) is 7.05. The van der Waals surface area contributed by atoms with Gasteiger partial charge in [-0.25, -0.2) is 4.39 Å². The molecule has 1 saturated heterocycles. The molecule has 2 N–H and O–H groups in total. The van der Waals surface area contributed by atoms with Crippen LogP contribution in [0.1, 0.15) is 52.5 Å². The maximum Gasteiger partial charge on any atom is 0.191 e. The van der Waals surface area contributed by atoms with Gasteiger partial charge < -0.3 is 10.6 Å². The smallest absolute Gasteiger partial charge is 0.191 e. The van der Waals surface area contributed by atoms with Gasteiger partial charge in [-0.3, -0.25) is 14.8 Å². The molecule has 1 aliphatic rings. The fourth-order valence-corrected chi connectivity index (χ4v) is 4.05. The Bertz CT molecular complexity index is 605. The Kier molecular flexibility index (Phi) is 12.8. The Morgan fingerprint density at radius 1 is 1.13 bits per heavy atom. The Balaban J connectivity index is 0.00000450. The third kappa shape index (κ3) is 9.47. The van der Waals surface area contributed by atoms with Crippen molar-refractivity contribution in [1.82, 2.24) is 20.4 Å². The van der Waals surface area contributed by atoms with Gasteiger partial charge in [-0.15, -0.1) is 24.0 Å². The molecule has 0 spiro atoms. The number of hydrogen-bond donors (Lipinski definition) is 2. The summed E-state index contributed by atoms with van der Waals surface area (Å²) in [6.45, 7) is 14.1. The van der Waals surface area contributed by atoms with Gasteiger partial charge in [0.05, 0.1) is 0 Å². The number of nitrogens with one attached hydrogen (secondary N) is 2. The van der Waals surface area contributed by atoms with Gasteiger partial charge in [-0.2, -0.15) is 0 Å². The number of halogens is 2. The predicted molar refractivity (Wildman–Crippen MR) is 136 cm³/mol. The van der Waals surface area contributed by atoms with Crippen LogP contribution in [-0.2, 0) is 6.54 Å². The van der Waals surface area contributed by atoms with Gasteiger partial charge in [0.1, 0.15) is 5.82 Å². The van der Waals surface area contributed by atoms with E-state index in [1.54, 1.807) is 12.1 Å². The normalized spacial score (nSPS) is 16.2. The second kappa shape index (κ2) is 14.2. The first-order chi connectivity index (χ1) is 13.9. The molecule has 30 heavy (non-hydrogen) atoms. The molecule has 0 atom stereocenters. The lowest BCUT2D eigenvalue weighted by Crippen LogP contribution is -2.49. The van der Waals surface area contributed by atoms with Crippen LogP contribution in [0.15, 0.2) is 29.3 Å². The molecule has 0 aromatic heterocycles. The van der Waals surface area contributed by atoms with Gasteiger partial charge in [0.25, 0.3) is 0 Å². The Labute approximate surface area is 199 Å². The summed E-state index contributed by atoms with van der Waals surface area (Å²) in [6.07, 6.45) is 3.29. The SMILES string of the molecule is CN=C(NCCCN(C(C)C)C(C)C)NC1CCN(Cc2ccc(F)cc2)CC1.I. The van der Waals surface area contributed by atoms with Crippen molar-refractivity contribution in [3.63, 3.8) is 0 Å². The quantitative estimate of drug-likeness (QED) is 0.217. The standard InChI is InChI=1S/C23H40FN5.HI/c1-18(2)29(19(3)4)14-6-13-26-23(25-5)27-22-11-15-28(16-12-22)17-20-7-9-21(24)10-8-20;/h7-10,18-19,22H,6,11-17H2,1-5H3,(H2,25,26,27);1H. The molecular weight excluding hydrogens is 492 g/mol. The molecule has 172 valence electrons. The van der Waals surface area contributed by atoms with E-state index in [2.05, 4.69) is 53.1 Å². The second-order valence-electron chi connectivity index (χ2n) is 8.60. The monoisotopic (exact) mass is 533 g/mol. The number of piperidine rings is 1. The molecule has 0 aliphatic carbocycles. The second-order valence-corrected chi connectivity index (χ2v) is 8.60. The predicted octanol–water partition coefficient (Wildman–Crippen LogP) is 4.08. The van der Waals surface area contributed by atoms with E-state index in [9.17, 15) is 4.39 Å². The first kappa shape index (κ1) is 27.1. The van der Waals surface area contributed by atoms with Crippen molar-refractivity contribution in [3.05, 3.63) is 35.6 Å². The van der Waals surface area contributed by atoms with Crippen LogP contribution in [0.25, 0.3) is 0 Å². The highest BCUT2D eigenvalue weighted by molar-refractivity contribution is 14.0. The van der Waals surface area contributed by atoms with Crippen molar-refractivity contribution in [2.75, 3.05) is 33.2 Å². The zero-order chi connectivity index (χ0) is 21.2. The molecule has 0 radical (unpaired) electrons. The van der Waals surface area contributed by atoms with E-state index in [-0.39, 0.29) is 29.8 Å². The minimum atomic E-state index is -0.170. The van der Waals surface area contributed by atoms with Gasteiger partial charge in [0, 0.05) is 57.9 Å². The van der Waals surface area contributed by atoms with Crippen LogP contribution in [0.3, 0.4) is 0 Å². The molecule has 7 heteroatoms. The van der Waals surface area contributed by atoms with E-state index < -0.39 is 0 Å². The van der Waals surface area contributed by atoms with Gasteiger partial charge in [0.2, 0.25) is 0 Å². The number of guanidine groups is 1. The lowest BCUT2D eigenvalue weighted by molar-refractivity contribution is 0.173. The van der Waals surface area contributed by atoms with Gasteiger partial charge in [-0.1, -0.05) is 12.1 Å². The van der Waals surface area contributed by atoms with Crippen LogP contribution in [0.4, 0.5) is 4.39 Å². The van der Waals surface area contributed by atoms with Crippen molar-refractivity contribution in [2.45, 2.75) is 71.6 Å².